The first-order valence-electron chi connectivity index (χ1n) is 5.31. The standard InChI is InChI=1S/C12H16FNO3/c1-12(2,3)4-5-17-10-9(11(15)16)6-8(13)7-14-10/h6-7H,4-5H2,1-3H3,(H,15,16). The predicted molar refractivity (Wildman–Crippen MR) is 60.7 cm³/mol. The van der Waals surface area contributed by atoms with Gasteiger partial charge >= 0.3 is 5.97 Å². The number of rotatable bonds is 4. The summed E-state index contributed by atoms with van der Waals surface area (Å²) in [6.45, 7) is 6.49. The molecular formula is C12H16FNO3. The maximum Gasteiger partial charge on any atom is 0.341 e. The Kier molecular flexibility index (Phi) is 4.04. The first kappa shape index (κ1) is 13.4. The Labute approximate surface area is 99.4 Å². The highest BCUT2D eigenvalue weighted by atomic mass is 19.1. The quantitative estimate of drug-likeness (QED) is 0.880. The molecule has 1 heterocycles. The van der Waals surface area contributed by atoms with E-state index in [1.54, 1.807) is 0 Å². The molecule has 0 spiro atoms. The van der Waals surface area contributed by atoms with Crippen molar-refractivity contribution in [3.63, 3.8) is 0 Å². The van der Waals surface area contributed by atoms with Crippen LogP contribution in [0.3, 0.4) is 0 Å². The van der Waals surface area contributed by atoms with Crippen molar-refractivity contribution in [2.75, 3.05) is 6.61 Å². The second kappa shape index (κ2) is 5.12. The lowest BCUT2D eigenvalue weighted by molar-refractivity contribution is 0.0690. The molecule has 0 aliphatic heterocycles. The van der Waals surface area contributed by atoms with Crippen LogP contribution in [0.4, 0.5) is 4.39 Å². The zero-order valence-corrected chi connectivity index (χ0v) is 10.2. The number of carboxylic acids is 1. The number of ether oxygens (including phenoxy) is 1. The molecule has 94 valence electrons. The Morgan fingerprint density at radius 3 is 2.71 bits per heavy atom. The molecule has 1 rings (SSSR count). The van der Waals surface area contributed by atoms with Crippen LogP contribution in [0.25, 0.3) is 0 Å². The summed E-state index contributed by atoms with van der Waals surface area (Å²) >= 11 is 0. The van der Waals surface area contributed by atoms with Crippen LogP contribution < -0.4 is 4.74 Å². The average molecular weight is 241 g/mol. The molecule has 5 heteroatoms. The summed E-state index contributed by atoms with van der Waals surface area (Å²) in [5.41, 5.74) is -0.164. The van der Waals surface area contributed by atoms with Crippen LogP contribution in [0.1, 0.15) is 37.6 Å². The minimum Gasteiger partial charge on any atom is -0.477 e. The van der Waals surface area contributed by atoms with Gasteiger partial charge in [0, 0.05) is 0 Å². The van der Waals surface area contributed by atoms with E-state index in [1.807, 2.05) is 20.8 Å². The Morgan fingerprint density at radius 1 is 1.53 bits per heavy atom. The normalized spacial score (nSPS) is 11.3. The van der Waals surface area contributed by atoms with Gasteiger partial charge in [-0.2, -0.15) is 0 Å². The minimum absolute atomic E-state index is 0.0387. The van der Waals surface area contributed by atoms with Gasteiger partial charge in [0.25, 0.3) is 0 Å². The van der Waals surface area contributed by atoms with E-state index < -0.39 is 11.8 Å². The molecule has 0 radical (unpaired) electrons. The highest BCUT2D eigenvalue weighted by molar-refractivity contribution is 5.90. The van der Waals surface area contributed by atoms with Gasteiger partial charge in [-0.25, -0.2) is 14.2 Å². The summed E-state index contributed by atoms with van der Waals surface area (Å²) in [6, 6.07) is 0.905. The summed E-state index contributed by atoms with van der Waals surface area (Å²) in [4.78, 5) is 14.5. The number of nitrogens with zero attached hydrogens (tertiary/aromatic N) is 1. The van der Waals surface area contributed by atoms with Crippen molar-refractivity contribution in [1.82, 2.24) is 4.98 Å². The van der Waals surface area contributed by atoms with Gasteiger partial charge in [0.2, 0.25) is 5.88 Å². The Bertz CT molecular complexity index is 413. The smallest absolute Gasteiger partial charge is 0.341 e. The van der Waals surface area contributed by atoms with E-state index in [4.69, 9.17) is 9.84 Å². The molecule has 0 amide bonds. The fourth-order valence-corrected chi connectivity index (χ4v) is 1.15. The SMILES string of the molecule is CC(C)(C)CCOc1ncc(F)cc1C(=O)O. The van der Waals surface area contributed by atoms with Crippen LogP contribution in [0, 0.1) is 11.2 Å². The van der Waals surface area contributed by atoms with Gasteiger partial charge in [-0.05, 0) is 17.9 Å². The first-order chi connectivity index (χ1) is 7.79. The van der Waals surface area contributed by atoms with Crippen LogP contribution in [-0.4, -0.2) is 22.7 Å². The van der Waals surface area contributed by atoms with Gasteiger partial charge in [0.05, 0.1) is 12.8 Å². The third-order valence-electron chi connectivity index (χ3n) is 2.14. The van der Waals surface area contributed by atoms with Gasteiger partial charge in [0.1, 0.15) is 11.4 Å². The largest absolute Gasteiger partial charge is 0.477 e. The Balaban J connectivity index is 2.74. The molecule has 4 nitrogen and oxygen atoms in total. The van der Waals surface area contributed by atoms with Crippen molar-refractivity contribution in [2.24, 2.45) is 5.41 Å². The van der Waals surface area contributed by atoms with Crippen molar-refractivity contribution in [3.8, 4) is 5.88 Å². The molecule has 0 atom stereocenters. The van der Waals surface area contributed by atoms with Crippen LogP contribution in [-0.2, 0) is 0 Å². The van der Waals surface area contributed by atoms with Crippen molar-refractivity contribution in [3.05, 3.63) is 23.6 Å². The van der Waals surface area contributed by atoms with Crippen LogP contribution in [0.2, 0.25) is 0 Å². The summed E-state index contributed by atoms with van der Waals surface area (Å²) in [5, 5.41) is 8.86. The summed E-state index contributed by atoms with van der Waals surface area (Å²) in [6.07, 6.45) is 1.70. The molecule has 1 aromatic heterocycles. The van der Waals surface area contributed by atoms with Gasteiger partial charge in [-0.1, -0.05) is 20.8 Å². The molecule has 17 heavy (non-hydrogen) atoms. The second-order valence-corrected chi connectivity index (χ2v) is 4.97. The maximum atomic E-state index is 12.8. The van der Waals surface area contributed by atoms with E-state index in [9.17, 15) is 9.18 Å². The number of aromatic carboxylic acids is 1. The highest BCUT2D eigenvalue weighted by Gasteiger charge is 2.16. The minimum atomic E-state index is -1.25. The third kappa shape index (κ3) is 4.38. The van der Waals surface area contributed by atoms with Crippen molar-refractivity contribution in [2.45, 2.75) is 27.2 Å². The Morgan fingerprint density at radius 2 is 2.18 bits per heavy atom. The molecule has 0 fully saturated rings. The molecule has 0 aliphatic rings. The van der Waals surface area contributed by atoms with E-state index in [0.29, 0.717) is 6.61 Å². The number of hydrogen-bond acceptors (Lipinski definition) is 3. The van der Waals surface area contributed by atoms with E-state index in [0.717, 1.165) is 18.7 Å². The lowest BCUT2D eigenvalue weighted by Crippen LogP contribution is -2.13. The van der Waals surface area contributed by atoms with E-state index in [2.05, 4.69) is 4.98 Å². The molecule has 0 saturated heterocycles. The van der Waals surface area contributed by atoms with E-state index in [1.165, 1.54) is 0 Å². The van der Waals surface area contributed by atoms with Crippen molar-refractivity contribution >= 4 is 5.97 Å². The molecule has 0 bridgehead atoms. The second-order valence-electron chi connectivity index (χ2n) is 4.97. The van der Waals surface area contributed by atoms with Gasteiger partial charge in [0.15, 0.2) is 0 Å². The molecule has 1 N–H and O–H groups in total. The number of aromatic nitrogens is 1. The zero-order valence-electron chi connectivity index (χ0n) is 10.2. The molecule has 0 unspecified atom stereocenters. The van der Waals surface area contributed by atoms with E-state index in [-0.39, 0.29) is 16.9 Å². The summed E-state index contributed by atoms with van der Waals surface area (Å²) < 4.78 is 18.1. The van der Waals surface area contributed by atoms with Crippen LogP contribution in [0.15, 0.2) is 12.3 Å². The first-order valence-corrected chi connectivity index (χ1v) is 5.31. The number of halogens is 1. The fraction of sp³-hybridized carbons (Fsp3) is 0.500. The Hall–Kier alpha value is -1.65. The highest BCUT2D eigenvalue weighted by Crippen LogP contribution is 2.21. The zero-order chi connectivity index (χ0) is 13.1. The number of pyridine rings is 1. The summed E-state index contributed by atoms with van der Waals surface area (Å²) in [7, 11) is 0. The molecule has 0 aliphatic carbocycles. The number of hydrogen-bond donors (Lipinski definition) is 1. The topological polar surface area (TPSA) is 59.4 Å². The predicted octanol–water partition coefficient (Wildman–Crippen LogP) is 2.73. The lowest BCUT2D eigenvalue weighted by atomic mass is 9.93. The monoisotopic (exact) mass is 241 g/mol. The maximum absolute atomic E-state index is 12.8. The summed E-state index contributed by atoms with van der Waals surface area (Å²) in [5.74, 6) is -1.98. The van der Waals surface area contributed by atoms with Gasteiger partial charge in [-0.15, -0.1) is 0 Å². The van der Waals surface area contributed by atoms with E-state index >= 15 is 0 Å². The lowest BCUT2D eigenvalue weighted by Gasteiger charge is -2.18. The van der Waals surface area contributed by atoms with Gasteiger partial charge in [-0.3, -0.25) is 0 Å². The average Bonchev–Trinajstić information content (AvgIpc) is 2.18. The van der Waals surface area contributed by atoms with Crippen molar-refractivity contribution < 1.29 is 19.0 Å². The van der Waals surface area contributed by atoms with Crippen LogP contribution >= 0.6 is 0 Å². The van der Waals surface area contributed by atoms with Gasteiger partial charge < -0.3 is 9.84 Å². The number of carboxylic acid groups (broad SMARTS) is 1. The molecular weight excluding hydrogens is 225 g/mol. The molecule has 1 aromatic rings. The number of carbonyl (C=O) groups is 1. The van der Waals surface area contributed by atoms with Crippen LogP contribution in [0.5, 0.6) is 5.88 Å². The molecule has 0 saturated carbocycles. The fourth-order valence-electron chi connectivity index (χ4n) is 1.15. The molecule has 0 aromatic carbocycles. The third-order valence-corrected chi connectivity index (χ3v) is 2.14. The van der Waals surface area contributed by atoms with Crippen molar-refractivity contribution in [1.29, 1.82) is 0 Å².